The fourth-order valence-electron chi connectivity index (χ4n) is 1.39. The van der Waals surface area contributed by atoms with E-state index in [4.69, 9.17) is 16.9 Å². The molecule has 2 rings (SSSR count). The van der Waals surface area contributed by atoms with Gasteiger partial charge in [-0.15, -0.1) is 0 Å². The number of hydrogen-bond donors (Lipinski definition) is 1. The summed E-state index contributed by atoms with van der Waals surface area (Å²) in [6, 6.07) is 5.08. The van der Waals surface area contributed by atoms with E-state index in [0.717, 1.165) is 0 Å². The second-order valence-electron chi connectivity index (χ2n) is 3.47. The third kappa shape index (κ3) is 2.31. The molecule has 0 spiro atoms. The van der Waals surface area contributed by atoms with E-state index in [1.54, 1.807) is 19.2 Å². The lowest BCUT2D eigenvalue weighted by molar-refractivity contribution is 0.102. The maximum atomic E-state index is 11.9. The maximum Gasteiger partial charge on any atom is 0.260 e. The van der Waals surface area contributed by atoms with Crippen molar-refractivity contribution in [3.8, 4) is 6.07 Å². The van der Waals surface area contributed by atoms with Crippen molar-refractivity contribution < 1.29 is 4.79 Å². The first-order chi connectivity index (χ1) is 8.61. The summed E-state index contributed by atoms with van der Waals surface area (Å²) in [5.74, 6) is -0.256. The van der Waals surface area contributed by atoms with Gasteiger partial charge in [-0.05, 0) is 12.1 Å². The van der Waals surface area contributed by atoms with Crippen LogP contribution in [-0.2, 0) is 7.05 Å². The van der Waals surface area contributed by atoms with Gasteiger partial charge < -0.3 is 5.32 Å². The summed E-state index contributed by atoms with van der Waals surface area (Å²) < 4.78 is 1.44. The molecule has 0 fully saturated rings. The molecule has 2 aromatic rings. The van der Waals surface area contributed by atoms with Crippen molar-refractivity contribution in [1.29, 1.82) is 5.26 Å². The van der Waals surface area contributed by atoms with Crippen molar-refractivity contribution in [3.63, 3.8) is 0 Å². The largest absolute Gasteiger partial charge is 0.304 e. The Morgan fingerprint density at radius 3 is 3.06 bits per heavy atom. The minimum atomic E-state index is -0.455. The van der Waals surface area contributed by atoms with Crippen molar-refractivity contribution >= 4 is 23.3 Å². The van der Waals surface area contributed by atoms with Crippen LogP contribution in [0.2, 0.25) is 5.15 Å². The number of halogens is 1. The standard InChI is InChI=1S/C11H8ClN5O/c1-17-6-7(5-13)10(16-17)15-11(18)8-3-2-4-14-9(8)12/h2-4,6H,1H3,(H,15,16,18). The van der Waals surface area contributed by atoms with E-state index in [1.807, 2.05) is 6.07 Å². The second kappa shape index (κ2) is 4.85. The number of amides is 1. The first-order valence-corrected chi connectivity index (χ1v) is 5.35. The molecule has 7 heteroatoms. The predicted octanol–water partition coefficient (Wildman–Crippen LogP) is 1.59. The first kappa shape index (κ1) is 12.1. The van der Waals surface area contributed by atoms with Gasteiger partial charge in [0, 0.05) is 19.4 Å². The minimum Gasteiger partial charge on any atom is -0.304 e. The zero-order valence-corrected chi connectivity index (χ0v) is 10.1. The van der Waals surface area contributed by atoms with Crippen LogP contribution in [0.25, 0.3) is 0 Å². The monoisotopic (exact) mass is 261 g/mol. The molecule has 0 atom stereocenters. The predicted molar refractivity (Wildman–Crippen MR) is 65.1 cm³/mol. The smallest absolute Gasteiger partial charge is 0.260 e. The lowest BCUT2D eigenvalue weighted by Crippen LogP contribution is -2.14. The third-order valence-electron chi connectivity index (χ3n) is 2.18. The van der Waals surface area contributed by atoms with Gasteiger partial charge in [0.05, 0.1) is 5.56 Å². The SMILES string of the molecule is Cn1cc(C#N)c(NC(=O)c2cccnc2Cl)n1. The summed E-state index contributed by atoms with van der Waals surface area (Å²) in [5.41, 5.74) is 0.513. The number of nitrogens with zero attached hydrogens (tertiary/aromatic N) is 4. The summed E-state index contributed by atoms with van der Waals surface area (Å²) in [5, 5.41) is 15.5. The molecule has 1 amide bonds. The van der Waals surface area contributed by atoms with Crippen LogP contribution < -0.4 is 5.32 Å². The van der Waals surface area contributed by atoms with Crippen LogP contribution in [0.4, 0.5) is 5.82 Å². The molecule has 0 aliphatic carbocycles. The fraction of sp³-hybridized carbons (Fsp3) is 0.0909. The lowest BCUT2D eigenvalue weighted by atomic mass is 10.2. The average Bonchev–Trinajstić information content (AvgIpc) is 2.70. The van der Waals surface area contributed by atoms with Gasteiger partial charge in [-0.25, -0.2) is 4.98 Å². The van der Waals surface area contributed by atoms with Crippen LogP contribution in [0.3, 0.4) is 0 Å². The van der Waals surface area contributed by atoms with E-state index in [0.29, 0.717) is 0 Å². The number of aromatic nitrogens is 3. The van der Waals surface area contributed by atoms with Crippen molar-refractivity contribution in [2.75, 3.05) is 5.32 Å². The third-order valence-corrected chi connectivity index (χ3v) is 2.49. The zero-order chi connectivity index (χ0) is 13.1. The van der Waals surface area contributed by atoms with Crippen molar-refractivity contribution in [2.24, 2.45) is 7.05 Å². The van der Waals surface area contributed by atoms with Crippen molar-refractivity contribution in [2.45, 2.75) is 0 Å². The molecule has 90 valence electrons. The number of nitrogens with one attached hydrogen (secondary N) is 1. The van der Waals surface area contributed by atoms with Gasteiger partial charge >= 0.3 is 0 Å². The Kier molecular flexibility index (Phi) is 3.26. The van der Waals surface area contributed by atoms with Crippen molar-refractivity contribution in [3.05, 3.63) is 40.8 Å². The van der Waals surface area contributed by atoms with Crippen LogP contribution >= 0.6 is 11.6 Å². The molecule has 0 saturated carbocycles. The number of rotatable bonds is 2. The first-order valence-electron chi connectivity index (χ1n) is 4.97. The Balaban J connectivity index is 2.27. The topological polar surface area (TPSA) is 83.6 Å². The zero-order valence-electron chi connectivity index (χ0n) is 9.38. The highest BCUT2D eigenvalue weighted by molar-refractivity contribution is 6.33. The van der Waals surface area contributed by atoms with Gasteiger partial charge in [-0.3, -0.25) is 9.48 Å². The van der Waals surface area contributed by atoms with Gasteiger partial charge in [0.15, 0.2) is 5.82 Å². The highest BCUT2D eigenvalue weighted by Gasteiger charge is 2.15. The fourth-order valence-corrected chi connectivity index (χ4v) is 1.60. The summed E-state index contributed by atoms with van der Waals surface area (Å²) in [4.78, 5) is 15.7. The van der Waals surface area contributed by atoms with Gasteiger partial charge in [-0.1, -0.05) is 11.6 Å². The van der Waals surface area contributed by atoms with E-state index in [9.17, 15) is 4.79 Å². The molecule has 0 unspecified atom stereocenters. The number of hydrogen-bond acceptors (Lipinski definition) is 4. The van der Waals surface area contributed by atoms with Gasteiger partial charge in [-0.2, -0.15) is 10.4 Å². The quantitative estimate of drug-likeness (QED) is 0.832. The van der Waals surface area contributed by atoms with Crippen LogP contribution in [0.15, 0.2) is 24.5 Å². The molecule has 2 heterocycles. The molecular weight excluding hydrogens is 254 g/mol. The molecular formula is C11H8ClN5O. The Hall–Kier alpha value is -2.39. The number of aryl methyl sites for hydroxylation is 1. The minimum absolute atomic E-state index is 0.101. The second-order valence-corrected chi connectivity index (χ2v) is 3.83. The van der Waals surface area contributed by atoms with Crippen molar-refractivity contribution in [1.82, 2.24) is 14.8 Å². The molecule has 0 saturated heterocycles. The highest BCUT2D eigenvalue weighted by Crippen LogP contribution is 2.16. The Morgan fingerprint density at radius 2 is 2.39 bits per heavy atom. The van der Waals surface area contributed by atoms with Crippen LogP contribution in [-0.4, -0.2) is 20.7 Å². The molecule has 2 aromatic heterocycles. The number of nitriles is 1. The number of pyridine rings is 1. The van der Waals surface area contributed by atoms with Crippen LogP contribution in [0.5, 0.6) is 0 Å². The molecule has 0 aromatic carbocycles. The summed E-state index contributed by atoms with van der Waals surface area (Å²) in [6.07, 6.45) is 3.00. The van der Waals surface area contributed by atoms with Gasteiger partial charge in [0.2, 0.25) is 0 Å². The number of carbonyl (C=O) groups is 1. The molecule has 18 heavy (non-hydrogen) atoms. The molecule has 1 N–H and O–H groups in total. The molecule has 6 nitrogen and oxygen atoms in total. The molecule has 0 radical (unpaired) electrons. The van der Waals surface area contributed by atoms with E-state index < -0.39 is 5.91 Å². The van der Waals surface area contributed by atoms with Gasteiger partial charge in [0.1, 0.15) is 16.8 Å². The van der Waals surface area contributed by atoms with Gasteiger partial charge in [0.25, 0.3) is 5.91 Å². The Morgan fingerprint density at radius 1 is 1.61 bits per heavy atom. The highest BCUT2D eigenvalue weighted by atomic mass is 35.5. The van der Waals surface area contributed by atoms with E-state index >= 15 is 0 Å². The normalized spacial score (nSPS) is 9.83. The molecule has 0 aliphatic heterocycles. The average molecular weight is 262 g/mol. The summed E-state index contributed by atoms with van der Waals surface area (Å²) in [7, 11) is 1.66. The van der Waals surface area contributed by atoms with Crippen LogP contribution in [0.1, 0.15) is 15.9 Å². The summed E-state index contributed by atoms with van der Waals surface area (Å²) >= 11 is 5.80. The van der Waals surface area contributed by atoms with Crippen LogP contribution in [0, 0.1) is 11.3 Å². The lowest BCUT2D eigenvalue weighted by Gasteiger charge is -2.03. The molecule has 0 bridgehead atoms. The Bertz CT molecular complexity index is 643. The van der Waals surface area contributed by atoms with E-state index in [-0.39, 0.29) is 22.1 Å². The number of anilines is 1. The number of carbonyl (C=O) groups excluding carboxylic acids is 1. The van der Waals surface area contributed by atoms with E-state index in [1.165, 1.54) is 17.1 Å². The Labute approximate surface area is 108 Å². The molecule has 0 aliphatic rings. The summed E-state index contributed by atoms with van der Waals surface area (Å²) in [6.45, 7) is 0. The van der Waals surface area contributed by atoms with E-state index in [2.05, 4.69) is 15.4 Å². The maximum absolute atomic E-state index is 11.9.